The molecular formula is C20H23N3OS2. The molecule has 0 saturated heterocycles. The van der Waals surface area contributed by atoms with Gasteiger partial charge in [0.05, 0.1) is 16.6 Å². The van der Waals surface area contributed by atoms with Crippen LogP contribution < -0.4 is 5.32 Å². The van der Waals surface area contributed by atoms with E-state index in [0.717, 1.165) is 39.5 Å². The first kappa shape index (κ1) is 17.6. The van der Waals surface area contributed by atoms with Crippen LogP contribution in [0.4, 0.5) is 0 Å². The smallest absolute Gasteiger partial charge is 0.261 e. The van der Waals surface area contributed by atoms with Crippen molar-refractivity contribution in [3.05, 3.63) is 46.5 Å². The quantitative estimate of drug-likeness (QED) is 0.685. The Labute approximate surface area is 162 Å². The van der Waals surface area contributed by atoms with Crippen molar-refractivity contribution < 1.29 is 4.79 Å². The fourth-order valence-corrected chi connectivity index (χ4v) is 5.61. The van der Waals surface area contributed by atoms with E-state index in [9.17, 15) is 4.79 Å². The Balaban J connectivity index is 1.59. The molecule has 0 radical (unpaired) electrons. The molecule has 1 atom stereocenters. The Morgan fingerprint density at radius 1 is 1.38 bits per heavy atom. The number of carbonyl (C=O) groups excluding carboxylic acids is 1. The number of benzene rings is 1. The summed E-state index contributed by atoms with van der Waals surface area (Å²) in [5.74, 6) is 1.58. The molecule has 4 rings (SSSR count). The van der Waals surface area contributed by atoms with Gasteiger partial charge in [0.2, 0.25) is 0 Å². The molecule has 0 bridgehead atoms. The minimum absolute atomic E-state index is 0.0217. The number of amides is 1. The lowest BCUT2D eigenvalue weighted by atomic mass is 10.0. The van der Waals surface area contributed by atoms with Crippen molar-refractivity contribution >= 4 is 39.2 Å². The highest BCUT2D eigenvalue weighted by Crippen LogP contribution is 2.36. The minimum Gasteiger partial charge on any atom is -0.344 e. The fourth-order valence-electron chi connectivity index (χ4n) is 3.42. The largest absolute Gasteiger partial charge is 0.344 e. The highest BCUT2D eigenvalue weighted by Gasteiger charge is 2.24. The Hall–Kier alpha value is -1.79. The zero-order valence-corrected chi connectivity index (χ0v) is 16.9. The van der Waals surface area contributed by atoms with Crippen LogP contribution in [0.3, 0.4) is 0 Å². The molecule has 26 heavy (non-hydrogen) atoms. The van der Waals surface area contributed by atoms with Gasteiger partial charge in [-0.3, -0.25) is 9.48 Å². The molecule has 0 spiro atoms. The van der Waals surface area contributed by atoms with E-state index >= 15 is 0 Å². The molecule has 1 amide bonds. The second-order valence-corrected chi connectivity index (χ2v) is 9.36. The van der Waals surface area contributed by atoms with Gasteiger partial charge in [0, 0.05) is 22.6 Å². The third-order valence-corrected chi connectivity index (χ3v) is 6.90. The van der Waals surface area contributed by atoms with E-state index < -0.39 is 0 Å². The number of fused-ring (bicyclic) bond motifs is 2. The van der Waals surface area contributed by atoms with Gasteiger partial charge in [-0.15, -0.1) is 23.1 Å². The highest BCUT2D eigenvalue weighted by molar-refractivity contribution is 7.99. The summed E-state index contributed by atoms with van der Waals surface area (Å²) in [4.78, 5) is 16.0. The van der Waals surface area contributed by atoms with Crippen LogP contribution in [0.15, 0.2) is 35.2 Å². The zero-order valence-electron chi connectivity index (χ0n) is 15.3. The third-order valence-electron chi connectivity index (χ3n) is 4.63. The van der Waals surface area contributed by atoms with Crippen LogP contribution in [0.2, 0.25) is 0 Å². The molecule has 3 aromatic rings. The molecule has 0 fully saturated rings. The van der Waals surface area contributed by atoms with E-state index in [1.807, 2.05) is 35.5 Å². The molecule has 0 aliphatic carbocycles. The van der Waals surface area contributed by atoms with Crippen LogP contribution in [0.5, 0.6) is 0 Å². The van der Waals surface area contributed by atoms with Crippen LogP contribution >= 0.6 is 23.1 Å². The van der Waals surface area contributed by atoms with Gasteiger partial charge in [-0.1, -0.05) is 32.0 Å². The van der Waals surface area contributed by atoms with Crippen LogP contribution in [0.1, 0.15) is 47.2 Å². The average Bonchev–Trinajstić information content (AvgIpc) is 3.17. The second kappa shape index (κ2) is 7.08. The van der Waals surface area contributed by atoms with E-state index in [1.54, 1.807) is 11.3 Å². The number of aryl methyl sites for hydroxylation is 1. The predicted octanol–water partition coefficient (Wildman–Crippen LogP) is 5.03. The van der Waals surface area contributed by atoms with Crippen molar-refractivity contribution in [2.45, 2.75) is 44.7 Å². The Morgan fingerprint density at radius 2 is 2.19 bits per heavy atom. The molecule has 1 unspecified atom stereocenters. The van der Waals surface area contributed by atoms with Crippen LogP contribution in [-0.4, -0.2) is 21.4 Å². The Kier molecular flexibility index (Phi) is 4.80. The molecule has 136 valence electrons. The molecule has 6 heteroatoms. The Morgan fingerprint density at radius 3 is 3.00 bits per heavy atom. The summed E-state index contributed by atoms with van der Waals surface area (Å²) in [5, 5.41) is 8.98. The lowest BCUT2D eigenvalue weighted by Crippen LogP contribution is -2.30. The number of rotatable bonds is 4. The van der Waals surface area contributed by atoms with Gasteiger partial charge in [0.25, 0.3) is 5.91 Å². The first-order chi connectivity index (χ1) is 12.5. The van der Waals surface area contributed by atoms with Gasteiger partial charge in [0.1, 0.15) is 4.83 Å². The van der Waals surface area contributed by atoms with Gasteiger partial charge in [-0.2, -0.15) is 5.10 Å². The highest BCUT2D eigenvalue weighted by atomic mass is 32.2. The summed E-state index contributed by atoms with van der Waals surface area (Å²) in [7, 11) is 0. The number of thiophene rings is 1. The molecule has 1 aliphatic rings. The van der Waals surface area contributed by atoms with Crippen molar-refractivity contribution in [1.82, 2.24) is 15.1 Å². The molecule has 0 saturated carbocycles. The molecule has 3 heterocycles. The van der Waals surface area contributed by atoms with Gasteiger partial charge < -0.3 is 5.32 Å². The topological polar surface area (TPSA) is 46.9 Å². The van der Waals surface area contributed by atoms with Crippen LogP contribution in [0, 0.1) is 12.8 Å². The van der Waals surface area contributed by atoms with Crippen molar-refractivity contribution in [1.29, 1.82) is 0 Å². The SMILES string of the molecule is Cc1nn(CC(C)C)c2sc(C(=O)NC3CCSc4ccccc43)cc12. The monoisotopic (exact) mass is 385 g/mol. The van der Waals surface area contributed by atoms with E-state index in [1.165, 1.54) is 10.5 Å². The predicted molar refractivity (Wildman–Crippen MR) is 109 cm³/mol. The van der Waals surface area contributed by atoms with Gasteiger partial charge in [-0.25, -0.2) is 0 Å². The van der Waals surface area contributed by atoms with Crippen LogP contribution in [0.25, 0.3) is 10.2 Å². The number of hydrogen-bond donors (Lipinski definition) is 1. The zero-order chi connectivity index (χ0) is 18.3. The third kappa shape index (κ3) is 3.28. The number of hydrogen-bond acceptors (Lipinski definition) is 4. The number of thioether (sulfide) groups is 1. The Bertz CT molecular complexity index is 957. The van der Waals surface area contributed by atoms with Gasteiger partial charge in [-0.05, 0) is 37.0 Å². The summed E-state index contributed by atoms with van der Waals surface area (Å²) in [6, 6.07) is 10.5. The van der Waals surface area contributed by atoms with Crippen molar-refractivity contribution in [3.63, 3.8) is 0 Å². The maximum Gasteiger partial charge on any atom is 0.261 e. The van der Waals surface area contributed by atoms with Crippen molar-refractivity contribution in [2.24, 2.45) is 5.92 Å². The summed E-state index contributed by atoms with van der Waals surface area (Å²) in [6.07, 6.45) is 0.971. The summed E-state index contributed by atoms with van der Waals surface area (Å²) in [6.45, 7) is 7.26. The van der Waals surface area contributed by atoms with Gasteiger partial charge in [0.15, 0.2) is 0 Å². The maximum atomic E-state index is 12.9. The number of nitrogens with zero attached hydrogens (tertiary/aromatic N) is 2. The summed E-state index contributed by atoms with van der Waals surface area (Å²) in [5.41, 5.74) is 2.23. The van der Waals surface area contributed by atoms with Crippen molar-refractivity contribution in [3.8, 4) is 0 Å². The first-order valence-electron chi connectivity index (χ1n) is 9.02. The normalized spacial score (nSPS) is 16.8. The van der Waals surface area contributed by atoms with E-state index in [4.69, 9.17) is 0 Å². The molecule has 1 aliphatic heterocycles. The standard InChI is InChI=1S/C20H23N3OS2/c1-12(2)11-23-20-15(13(3)22-23)10-18(26-20)19(24)21-16-8-9-25-17-7-5-4-6-14(16)17/h4-7,10,12,16H,8-9,11H2,1-3H3,(H,21,24). The van der Waals surface area contributed by atoms with Gasteiger partial charge >= 0.3 is 0 Å². The maximum absolute atomic E-state index is 12.9. The lowest BCUT2D eigenvalue weighted by molar-refractivity contribution is 0.0939. The van der Waals surface area contributed by atoms with Crippen LogP contribution in [-0.2, 0) is 6.54 Å². The summed E-state index contributed by atoms with van der Waals surface area (Å²) >= 11 is 3.42. The first-order valence-corrected chi connectivity index (χ1v) is 10.8. The molecule has 2 aromatic heterocycles. The van der Waals surface area contributed by atoms with E-state index in [-0.39, 0.29) is 11.9 Å². The number of nitrogens with one attached hydrogen (secondary N) is 1. The summed E-state index contributed by atoms with van der Waals surface area (Å²) < 4.78 is 2.04. The minimum atomic E-state index is 0.0217. The molecule has 1 aromatic carbocycles. The van der Waals surface area contributed by atoms with E-state index in [2.05, 4.69) is 42.5 Å². The average molecular weight is 386 g/mol. The lowest BCUT2D eigenvalue weighted by Gasteiger charge is -2.25. The fraction of sp³-hybridized carbons (Fsp3) is 0.400. The number of aromatic nitrogens is 2. The van der Waals surface area contributed by atoms with E-state index in [0.29, 0.717) is 5.92 Å². The molecule has 4 nitrogen and oxygen atoms in total. The second-order valence-electron chi connectivity index (χ2n) is 7.19. The molecular weight excluding hydrogens is 362 g/mol. The van der Waals surface area contributed by atoms with Crippen molar-refractivity contribution in [2.75, 3.05) is 5.75 Å². The molecule has 1 N–H and O–H groups in total. The number of carbonyl (C=O) groups is 1.